The van der Waals surface area contributed by atoms with Gasteiger partial charge in [0.2, 0.25) is 6.79 Å². The number of piperazine rings is 1. The minimum Gasteiger partial charge on any atom is -0.454 e. The SMILES string of the molecule is CSc1ccc(C[NH+]2CC[NH+](Cc3ccc4c(c3)OCO4)CC2)cc1. The van der Waals surface area contributed by atoms with Crippen molar-refractivity contribution in [1.82, 2.24) is 0 Å². The third-order valence-electron chi connectivity index (χ3n) is 5.17. The van der Waals surface area contributed by atoms with Crippen molar-refractivity contribution >= 4 is 11.8 Å². The zero-order valence-corrected chi connectivity index (χ0v) is 15.5. The van der Waals surface area contributed by atoms with Gasteiger partial charge in [-0.15, -0.1) is 11.8 Å². The largest absolute Gasteiger partial charge is 0.454 e. The van der Waals surface area contributed by atoms with Crippen molar-refractivity contribution in [1.29, 1.82) is 0 Å². The molecule has 2 aliphatic heterocycles. The summed E-state index contributed by atoms with van der Waals surface area (Å²) in [6, 6.07) is 15.4. The topological polar surface area (TPSA) is 27.3 Å². The number of quaternary nitrogens is 2. The van der Waals surface area contributed by atoms with Gasteiger partial charge in [-0.25, -0.2) is 0 Å². The number of hydrogen-bond acceptors (Lipinski definition) is 3. The lowest BCUT2D eigenvalue weighted by molar-refractivity contribution is -1.02. The Labute approximate surface area is 153 Å². The van der Waals surface area contributed by atoms with Gasteiger partial charge in [0.05, 0.1) is 0 Å². The zero-order valence-electron chi connectivity index (χ0n) is 14.7. The Hall–Kier alpha value is -1.69. The molecule has 0 radical (unpaired) electrons. The minimum atomic E-state index is 0.353. The first kappa shape index (κ1) is 16.8. The highest BCUT2D eigenvalue weighted by atomic mass is 32.2. The number of nitrogens with one attached hydrogen (secondary N) is 2. The summed E-state index contributed by atoms with van der Waals surface area (Å²) in [4.78, 5) is 4.71. The standard InChI is InChI=1S/C20H24N2O2S/c1-25-18-5-2-16(3-6-18)13-21-8-10-22(11-9-21)14-17-4-7-19-20(12-17)24-15-23-19/h2-7,12H,8-11,13-15H2,1H3/p+2. The first-order valence-corrected chi connectivity index (χ1v) is 10.2. The van der Waals surface area contributed by atoms with Crippen LogP contribution in [0.3, 0.4) is 0 Å². The lowest BCUT2D eigenvalue weighted by atomic mass is 10.1. The van der Waals surface area contributed by atoms with Crippen LogP contribution in [0.15, 0.2) is 47.4 Å². The molecule has 2 aliphatic rings. The summed E-state index contributed by atoms with van der Waals surface area (Å²) in [5.74, 6) is 1.77. The van der Waals surface area contributed by atoms with Crippen molar-refractivity contribution in [3.63, 3.8) is 0 Å². The van der Waals surface area contributed by atoms with Crippen LogP contribution >= 0.6 is 11.8 Å². The molecule has 132 valence electrons. The van der Waals surface area contributed by atoms with E-state index >= 15 is 0 Å². The maximum absolute atomic E-state index is 5.49. The van der Waals surface area contributed by atoms with Gasteiger partial charge in [-0.3, -0.25) is 0 Å². The molecule has 5 heteroatoms. The molecule has 0 bridgehead atoms. The fourth-order valence-electron chi connectivity index (χ4n) is 3.68. The molecule has 2 heterocycles. The molecule has 1 saturated heterocycles. The Morgan fingerprint density at radius 3 is 2.08 bits per heavy atom. The van der Waals surface area contributed by atoms with Gasteiger partial charge in [-0.1, -0.05) is 12.1 Å². The highest BCUT2D eigenvalue weighted by molar-refractivity contribution is 7.98. The Bertz CT molecular complexity index is 712. The van der Waals surface area contributed by atoms with Crippen LogP contribution < -0.4 is 19.3 Å². The van der Waals surface area contributed by atoms with Gasteiger partial charge in [0.1, 0.15) is 39.3 Å². The maximum Gasteiger partial charge on any atom is 0.231 e. The molecular formula is C20H26N2O2S+2. The van der Waals surface area contributed by atoms with E-state index in [1.54, 1.807) is 21.6 Å². The molecule has 2 N–H and O–H groups in total. The van der Waals surface area contributed by atoms with E-state index in [1.165, 1.54) is 42.2 Å². The summed E-state index contributed by atoms with van der Waals surface area (Å²) in [7, 11) is 0. The van der Waals surface area contributed by atoms with Gasteiger partial charge in [-0.2, -0.15) is 0 Å². The number of ether oxygens (including phenoxy) is 2. The van der Waals surface area contributed by atoms with E-state index in [0.29, 0.717) is 6.79 Å². The van der Waals surface area contributed by atoms with Crippen LogP contribution in [0.2, 0.25) is 0 Å². The Morgan fingerprint density at radius 1 is 0.800 bits per heavy atom. The Morgan fingerprint density at radius 2 is 1.40 bits per heavy atom. The van der Waals surface area contributed by atoms with Crippen LogP contribution in [-0.4, -0.2) is 39.2 Å². The van der Waals surface area contributed by atoms with E-state index in [0.717, 1.165) is 24.6 Å². The predicted octanol–water partition coefficient (Wildman–Crippen LogP) is 0.621. The van der Waals surface area contributed by atoms with Crippen LogP contribution in [0.1, 0.15) is 11.1 Å². The van der Waals surface area contributed by atoms with Crippen molar-refractivity contribution in [3.05, 3.63) is 53.6 Å². The summed E-state index contributed by atoms with van der Waals surface area (Å²) in [5, 5.41) is 0. The Kier molecular flexibility index (Phi) is 5.15. The van der Waals surface area contributed by atoms with Crippen molar-refractivity contribution in [2.75, 3.05) is 39.2 Å². The molecule has 1 fully saturated rings. The second-order valence-electron chi connectivity index (χ2n) is 6.89. The highest BCUT2D eigenvalue weighted by Crippen LogP contribution is 2.32. The molecule has 25 heavy (non-hydrogen) atoms. The van der Waals surface area contributed by atoms with E-state index in [4.69, 9.17) is 9.47 Å². The summed E-state index contributed by atoms with van der Waals surface area (Å²) < 4.78 is 10.9. The van der Waals surface area contributed by atoms with E-state index in [1.807, 2.05) is 6.07 Å². The minimum absolute atomic E-state index is 0.353. The molecule has 0 aliphatic carbocycles. The third kappa shape index (κ3) is 4.11. The monoisotopic (exact) mass is 358 g/mol. The summed E-state index contributed by atoms with van der Waals surface area (Å²) in [5.41, 5.74) is 2.79. The number of fused-ring (bicyclic) bond motifs is 1. The van der Waals surface area contributed by atoms with Crippen LogP contribution in [0, 0.1) is 0 Å². The number of benzene rings is 2. The second kappa shape index (κ2) is 7.68. The van der Waals surface area contributed by atoms with Crippen molar-refractivity contribution < 1.29 is 19.3 Å². The van der Waals surface area contributed by atoms with Gasteiger partial charge < -0.3 is 19.3 Å². The molecule has 4 rings (SSSR count). The van der Waals surface area contributed by atoms with Gasteiger partial charge in [-0.05, 0) is 36.6 Å². The van der Waals surface area contributed by atoms with E-state index in [9.17, 15) is 0 Å². The molecule has 0 aromatic heterocycles. The van der Waals surface area contributed by atoms with Gasteiger partial charge >= 0.3 is 0 Å². The van der Waals surface area contributed by atoms with E-state index in [2.05, 4.69) is 42.7 Å². The molecule has 0 saturated carbocycles. The lowest BCUT2D eigenvalue weighted by Gasteiger charge is -2.29. The second-order valence-corrected chi connectivity index (χ2v) is 7.77. The number of rotatable bonds is 5. The molecule has 2 aromatic rings. The summed E-state index contributed by atoms with van der Waals surface area (Å²) in [6.07, 6.45) is 2.13. The lowest BCUT2D eigenvalue weighted by Crippen LogP contribution is -3.27. The first-order valence-electron chi connectivity index (χ1n) is 8.99. The molecule has 0 amide bonds. The van der Waals surface area contributed by atoms with Crippen molar-refractivity contribution in [2.45, 2.75) is 18.0 Å². The molecular weight excluding hydrogens is 332 g/mol. The van der Waals surface area contributed by atoms with Crippen molar-refractivity contribution in [2.24, 2.45) is 0 Å². The quantitative estimate of drug-likeness (QED) is 0.768. The van der Waals surface area contributed by atoms with Crippen LogP contribution in [0.4, 0.5) is 0 Å². The van der Waals surface area contributed by atoms with E-state index < -0.39 is 0 Å². The normalized spacial score (nSPS) is 22.1. The average molecular weight is 359 g/mol. The predicted molar refractivity (Wildman–Crippen MR) is 99.6 cm³/mol. The third-order valence-corrected chi connectivity index (χ3v) is 5.91. The van der Waals surface area contributed by atoms with Crippen LogP contribution in [-0.2, 0) is 13.1 Å². The van der Waals surface area contributed by atoms with Gasteiger partial charge in [0.15, 0.2) is 11.5 Å². The molecule has 0 atom stereocenters. The van der Waals surface area contributed by atoms with Crippen molar-refractivity contribution in [3.8, 4) is 11.5 Å². The fraction of sp³-hybridized carbons (Fsp3) is 0.400. The van der Waals surface area contributed by atoms with Crippen LogP contribution in [0.5, 0.6) is 11.5 Å². The summed E-state index contributed by atoms with van der Waals surface area (Å²) in [6.45, 7) is 7.51. The first-order chi connectivity index (χ1) is 12.3. The fourth-order valence-corrected chi connectivity index (χ4v) is 4.09. The smallest absolute Gasteiger partial charge is 0.231 e. The average Bonchev–Trinajstić information content (AvgIpc) is 3.12. The Balaban J connectivity index is 1.28. The maximum atomic E-state index is 5.49. The van der Waals surface area contributed by atoms with Gasteiger partial charge in [0, 0.05) is 16.0 Å². The molecule has 2 aromatic carbocycles. The molecule has 0 spiro atoms. The number of thioether (sulfide) groups is 1. The van der Waals surface area contributed by atoms with Gasteiger partial charge in [0.25, 0.3) is 0 Å². The molecule has 0 unspecified atom stereocenters. The summed E-state index contributed by atoms with van der Waals surface area (Å²) >= 11 is 1.81. The molecule has 4 nitrogen and oxygen atoms in total. The zero-order chi connectivity index (χ0) is 17.1. The van der Waals surface area contributed by atoms with E-state index in [-0.39, 0.29) is 0 Å². The highest BCUT2D eigenvalue weighted by Gasteiger charge is 2.24. The van der Waals surface area contributed by atoms with Crippen LogP contribution in [0.25, 0.3) is 0 Å². The number of hydrogen-bond donors (Lipinski definition) is 2.